The van der Waals surface area contributed by atoms with Crippen molar-refractivity contribution in [1.82, 2.24) is 0 Å². The van der Waals surface area contributed by atoms with Crippen molar-refractivity contribution in [3.05, 3.63) is 0 Å². The van der Waals surface area contributed by atoms with E-state index in [0.717, 1.165) is 18.8 Å². The van der Waals surface area contributed by atoms with Gasteiger partial charge >= 0.3 is 5.97 Å². The van der Waals surface area contributed by atoms with Crippen molar-refractivity contribution in [2.45, 2.75) is 290 Å². The Morgan fingerprint density at radius 2 is 0.620 bits per heavy atom. The fourth-order valence-corrected chi connectivity index (χ4v) is 7.59. The van der Waals surface area contributed by atoms with Crippen LogP contribution in [-0.4, -0.2) is 12.6 Å². The second-order valence-corrected chi connectivity index (χ2v) is 16.7. The van der Waals surface area contributed by atoms with Gasteiger partial charge in [-0.2, -0.15) is 0 Å². The molecule has 300 valence electrons. The van der Waals surface area contributed by atoms with Gasteiger partial charge in [0.05, 0.1) is 6.61 Å². The Balaban J connectivity index is 3.15. The van der Waals surface area contributed by atoms with Crippen LogP contribution in [0.1, 0.15) is 290 Å². The molecule has 0 aromatic rings. The van der Waals surface area contributed by atoms with E-state index in [0.29, 0.717) is 13.0 Å². The Labute approximate surface area is 317 Å². The topological polar surface area (TPSA) is 26.3 Å². The van der Waals surface area contributed by atoms with Gasteiger partial charge in [0.15, 0.2) is 0 Å². The molecule has 0 aromatic carbocycles. The lowest BCUT2D eigenvalue weighted by Crippen LogP contribution is -2.05. The Hall–Kier alpha value is -0.530. The predicted octanol–water partition coefficient (Wildman–Crippen LogP) is 17.6. The summed E-state index contributed by atoms with van der Waals surface area (Å²) in [6, 6.07) is 0. The van der Waals surface area contributed by atoms with Crippen LogP contribution in [0.15, 0.2) is 0 Å². The Morgan fingerprint density at radius 3 is 0.920 bits per heavy atom. The molecule has 0 aliphatic carbocycles. The molecule has 50 heavy (non-hydrogen) atoms. The zero-order chi connectivity index (χ0) is 36.3. The first kappa shape index (κ1) is 49.5. The van der Waals surface area contributed by atoms with Gasteiger partial charge in [-0.15, -0.1) is 0 Å². The highest BCUT2D eigenvalue weighted by molar-refractivity contribution is 5.69. The van der Waals surface area contributed by atoms with Gasteiger partial charge in [0, 0.05) is 6.42 Å². The van der Waals surface area contributed by atoms with Gasteiger partial charge in [-0.25, -0.2) is 0 Å². The average Bonchev–Trinajstić information content (AvgIpc) is 3.12. The van der Waals surface area contributed by atoms with Crippen LogP contribution in [0.4, 0.5) is 0 Å². The maximum atomic E-state index is 12.0. The molecule has 0 amide bonds. The van der Waals surface area contributed by atoms with E-state index in [1.165, 1.54) is 250 Å². The molecule has 0 radical (unpaired) electrons. The van der Waals surface area contributed by atoms with Crippen molar-refractivity contribution >= 4 is 5.97 Å². The van der Waals surface area contributed by atoms with E-state index in [1.54, 1.807) is 0 Å². The third-order valence-corrected chi connectivity index (χ3v) is 11.5. The maximum Gasteiger partial charge on any atom is 0.305 e. The number of carbonyl (C=O) groups excluding carboxylic acids is 1. The lowest BCUT2D eigenvalue weighted by molar-refractivity contribution is -0.143. The zero-order valence-corrected chi connectivity index (χ0v) is 35.3. The highest BCUT2D eigenvalue weighted by Crippen LogP contribution is 2.18. The minimum absolute atomic E-state index is 0.0330. The molecule has 0 heterocycles. The van der Waals surface area contributed by atoms with Crippen LogP contribution in [-0.2, 0) is 9.53 Å². The summed E-state index contributed by atoms with van der Waals surface area (Å²) in [5.74, 6) is 0.967. The van der Waals surface area contributed by atoms with Crippen LogP contribution >= 0.6 is 0 Å². The largest absolute Gasteiger partial charge is 0.466 e. The average molecular weight is 705 g/mol. The summed E-state index contributed by atoms with van der Waals surface area (Å²) < 4.78 is 5.49. The highest BCUT2D eigenvalue weighted by atomic mass is 16.5. The summed E-state index contributed by atoms with van der Waals surface area (Å²) in [5, 5.41) is 0. The molecule has 1 atom stereocenters. The minimum atomic E-state index is 0.0330. The van der Waals surface area contributed by atoms with Crippen molar-refractivity contribution in [1.29, 1.82) is 0 Å². The van der Waals surface area contributed by atoms with E-state index in [-0.39, 0.29) is 5.97 Å². The summed E-state index contributed by atoms with van der Waals surface area (Å²) in [6.45, 7) is 7.65. The summed E-state index contributed by atoms with van der Waals surface area (Å²) in [4.78, 5) is 12.0. The van der Waals surface area contributed by atoms with E-state index >= 15 is 0 Å². The van der Waals surface area contributed by atoms with Crippen LogP contribution in [0.2, 0.25) is 0 Å². The second-order valence-electron chi connectivity index (χ2n) is 16.7. The molecule has 0 spiro atoms. The Bertz CT molecular complexity index is 615. The molecule has 0 fully saturated rings. The number of ether oxygens (including phenoxy) is 1. The Kier molecular flexibility index (Phi) is 44.2. The van der Waals surface area contributed by atoms with E-state index in [1.807, 2.05) is 0 Å². The van der Waals surface area contributed by atoms with Crippen LogP contribution in [0.3, 0.4) is 0 Å². The molecule has 0 aliphatic rings. The van der Waals surface area contributed by atoms with E-state index < -0.39 is 0 Å². The fourth-order valence-electron chi connectivity index (χ4n) is 7.59. The van der Waals surface area contributed by atoms with Crippen molar-refractivity contribution in [3.63, 3.8) is 0 Å². The zero-order valence-electron chi connectivity index (χ0n) is 35.3. The van der Waals surface area contributed by atoms with Gasteiger partial charge in [-0.1, -0.05) is 271 Å². The predicted molar refractivity (Wildman–Crippen MR) is 225 cm³/mol. The van der Waals surface area contributed by atoms with E-state index in [2.05, 4.69) is 20.8 Å². The number of carbonyl (C=O) groups is 1. The number of hydrogen-bond donors (Lipinski definition) is 0. The number of esters is 1. The molecule has 0 rings (SSSR count). The van der Waals surface area contributed by atoms with E-state index in [9.17, 15) is 4.79 Å². The number of hydrogen-bond acceptors (Lipinski definition) is 2. The van der Waals surface area contributed by atoms with Gasteiger partial charge in [0.2, 0.25) is 0 Å². The van der Waals surface area contributed by atoms with Crippen LogP contribution in [0.5, 0.6) is 0 Å². The molecule has 0 N–H and O–H groups in total. The normalized spacial score (nSPS) is 12.1. The van der Waals surface area contributed by atoms with Crippen molar-refractivity contribution in [2.24, 2.45) is 5.92 Å². The first-order valence-electron chi connectivity index (χ1n) is 23.9. The lowest BCUT2D eigenvalue weighted by Gasteiger charge is -2.07. The third-order valence-electron chi connectivity index (χ3n) is 11.5. The molecular weight excluding hydrogens is 609 g/mol. The standard InChI is InChI=1S/C48H96O2/c1-4-6-7-8-9-10-11-12-13-14-19-22-25-28-31-34-37-40-43-46-50-48(49)45-42-39-36-33-30-27-24-21-18-16-15-17-20-23-26-29-32-35-38-41-44-47(3)5-2/h47H,4-46H2,1-3H3. The molecule has 1 unspecified atom stereocenters. The van der Waals surface area contributed by atoms with Gasteiger partial charge in [-0.05, 0) is 18.8 Å². The summed E-state index contributed by atoms with van der Waals surface area (Å²) >= 11 is 0. The van der Waals surface area contributed by atoms with Crippen molar-refractivity contribution in [2.75, 3.05) is 6.61 Å². The molecule has 0 bridgehead atoms. The monoisotopic (exact) mass is 705 g/mol. The molecule has 0 aromatic heterocycles. The second kappa shape index (κ2) is 44.6. The molecular formula is C48H96O2. The quantitative estimate of drug-likeness (QED) is 0.0466. The van der Waals surface area contributed by atoms with Gasteiger partial charge < -0.3 is 4.74 Å². The molecule has 0 saturated heterocycles. The Morgan fingerprint density at radius 1 is 0.360 bits per heavy atom. The number of unbranched alkanes of at least 4 members (excludes halogenated alkanes) is 37. The molecule has 2 nitrogen and oxygen atoms in total. The van der Waals surface area contributed by atoms with Crippen molar-refractivity contribution < 1.29 is 9.53 Å². The van der Waals surface area contributed by atoms with Gasteiger partial charge in [0.1, 0.15) is 0 Å². The summed E-state index contributed by atoms with van der Waals surface area (Å²) in [7, 11) is 0. The smallest absolute Gasteiger partial charge is 0.305 e. The summed E-state index contributed by atoms with van der Waals surface area (Å²) in [5.41, 5.74) is 0. The fraction of sp³-hybridized carbons (Fsp3) is 0.979. The SMILES string of the molecule is CCCCCCCCCCCCCCCCCCCCCOC(=O)CCCCCCCCCCCCCCCCCCCCCCC(C)CC. The van der Waals surface area contributed by atoms with Gasteiger partial charge in [-0.3, -0.25) is 4.79 Å². The first-order valence-corrected chi connectivity index (χ1v) is 23.9. The van der Waals surface area contributed by atoms with E-state index in [4.69, 9.17) is 4.74 Å². The molecule has 0 aliphatic heterocycles. The lowest BCUT2D eigenvalue weighted by atomic mass is 9.99. The van der Waals surface area contributed by atoms with Crippen molar-refractivity contribution in [3.8, 4) is 0 Å². The summed E-state index contributed by atoms with van der Waals surface area (Å²) in [6.07, 6.45) is 57.9. The molecule has 2 heteroatoms. The van der Waals surface area contributed by atoms with Crippen LogP contribution < -0.4 is 0 Å². The third kappa shape index (κ3) is 43.6. The highest BCUT2D eigenvalue weighted by Gasteiger charge is 2.03. The molecule has 0 saturated carbocycles. The number of rotatable bonds is 44. The first-order chi connectivity index (χ1) is 24.7. The minimum Gasteiger partial charge on any atom is -0.466 e. The van der Waals surface area contributed by atoms with Crippen LogP contribution in [0.25, 0.3) is 0 Å². The van der Waals surface area contributed by atoms with Gasteiger partial charge in [0.25, 0.3) is 0 Å². The maximum absolute atomic E-state index is 12.0. The van der Waals surface area contributed by atoms with Crippen LogP contribution in [0, 0.1) is 5.92 Å².